The van der Waals surface area contributed by atoms with Crippen LogP contribution in [0.3, 0.4) is 0 Å². The monoisotopic (exact) mass is 143 g/mol. The first kappa shape index (κ1) is 6.15. The van der Waals surface area contributed by atoms with E-state index in [4.69, 9.17) is 5.73 Å². The zero-order chi connectivity index (χ0) is 6.85. The van der Waals surface area contributed by atoms with Crippen molar-refractivity contribution in [2.24, 2.45) is 5.73 Å². The number of amides is 1. The Morgan fingerprint density at radius 3 is 2.67 bits per heavy atom. The van der Waals surface area contributed by atoms with Gasteiger partial charge in [-0.3, -0.25) is 4.79 Å². The second kappa shape index (κ2) is 2.10. The summed E-state index contributed by atoms with van der Waals surface area (Å²) in [5, 5.41) is 0.754. The number of rotatable bonds is 1. The van der Waals surface area contributed by atoms with Gasteiger partial charge in [-0.2, -0.15) is 4.37 Å². The van der Waals surface area contributed by atoms with E-state index in [1.165, 1.54) is 11.5 Å². The summed E-state index contributed by atoms with van der Waals surface area (Å²) < 4.78 is 3.67. The van der Waals surface area contributed by atoms with Gasteiger partial charge in [0.05, 0.1) is 0 Å². The van der Waals surface area contributed by atoms with E-state index in [1.54, 1.807) is 6.92 Å². The molecule has 0 aliphatic carbocycles. The molecule has 0 radical (unpaired) electrons. The van der Waals surface area contributed by atoms with Crippen LogP contribution in [0.5, 0.6) is 0 Å². The standard InChI is InChI=1S/C4H5N3OS/c1-2-6-4(3(5)8)7-9-2/h1H3,(H2,5,8). The maximum atomic E-state index is 10.3. The minimum Gasteiger partial charge on any atom is -0.363 e. The van der Waals surface area contributed by atoms with Crippen LogP contribution in [0.2, 0.25) is 0 Å². The molecule has 0 aliphatic heterocycles. The topological polar surface area (TPSA) is 68.9 Å². The van der Waals surface area contributed by atoms with Crippen LogP contribution >= 0.6 is 11.5 Å². The van der Waals surface area contributed by atoms with Crippen molar-refractivity contribution >= 4 is 17.4 Å². The number of nitrogens with zero attached hydrogens (tertiary/aromatic N) is 2. The Bertz CT molecular complexity index is 231. The van der Waals surface area contributed by atoms with Crippen LogP contribution in [0.25, 0.3) is 0 Å². The third-order valence-corrected chi connectivity index (χ3v) is 1.37. The molecule has 48 valence electrons. The molecule has 5 heteroatoms. The summed E-state index contributed by atoms with van der Waals surface area (Å²) in [6.45, 7) is 1.77. The largest absolute Gasteiger partial charge is 0.363 e. The Hall–Kier alpha value is -0.970. The second-order valence-corrected chi connectivity index (χ2v) is 2.46. The highest BCUT2D eigenvalue weighted by Gasteiger charge is 2.04. The third-order valence-electron chi connectivity index (χ3n) is 0.748. The van der Waals surface area contributed by atoms with Crippen molar-refractivity contribution in [2.45, 2.75) is 6.92 Å². The van der Waals surface area contributed by atoms with Crippen LogP contribution in [-0.4, -0.2) is 15.3 Å². The van der Waals surface area contributed by atoms with Crippen molar-refractivity contribution in [2.75, 3.05) is 0 Å². The van der Waals surface area contributed by atoms with Gasteiger partial charge in [-0.1, -0.05) is 0 Å². The van der Waals surface area contributed by atoms with Gasteiger partial charge >= 0.3 is 0 Å². The fourth-order valence-electron chi connectivity index (χ4n) is 0.399. The molecule has 0 bridgehead atoms. The van der Waals surface area contributed by atoms with E-state index in [1.807, 2.05) is 0 Å². The van der Waals surface area contributed by atoms with Crippen molar-refractivity contribution in [3.63, 3.8) is 0 Å². The highest BCUT2D eigenvalue weighted by atomic mass is 32.1. The summed E-state index contributed by atoms with van der Waals surface area (Å²) in [7, 11) is 0. The van der Waals surface area contributed by atoms with Gasteiger partial charge in [0, 0.05) is 0 Å². The van der Waals surface area contributed by atoms with Gasteiger partial charge in [-0.25, -0.2) is 4.98 Å². The molecular formula is C4H5N3OS. The molecule has 1 rings (SSSR count). The number of hydrogen-bond donors (Lipinski definition) is 1. The van der Waals surface area contributed by atoms with Crippen molar-refractivity contribution in [3.05, 3.63) is 10.8 Å². The lowest BCUT2D eigenvalue weighted by atomic mass is 10.6. The predicted octanol–water partition coefficient (Wildman–Crippen LogP) is -0.0546. The lowest BCUT2D eigenvalue weighted by Gasteiger charge is -1.78. The van der Waals surface area contributed by atoms with Crippen molar-refractivity contribution in [1.82, 2.24) is 9.36 Å². The fraction of sp³-hybridized carbons (Fsp3) is 0.250. The number of hydrogen-bond acceptors (Lipinski definition) is 4. The third kappa shape index (κ3) is 1.23. The van der Waals surface area contributed by atoms with Crippen molar-refractivity contribution < 1.29 is 4.79 Å². The molecule has 0 aliphatic rings. The van der Waals surface area contributed by atoms with Gasteiger partial charge in [0.2, 0.25) is 5.82 Å². The average molecular weight is 143 g/mol. The van der Waals surface area contributed by atoms with Gasteiger partial charge in [-0.05, 0) is 18.5 Å². The number of carbonyl (C=O) groups excluding carboxylic acids is 1. The molecule has 1 heterocycles. The van der Waals surface area contributed by atoms with Crippen LogP contribution in [0.4, 0.5) is 0 Å². The number of primary amides is 1. The molecule has 4 nitrogen and oxygen atoms in total. The normalized spacial score (nSPS) is 9.44. The van der Waals surface area contributed by atoms with Crippen LogP contribution < -0.4 is 5.73 Å². The average Bonchev–Trinajstić information content (AvgIpc) is 2.14. The van der Waals surface area contributed by atoms with E-state index < -0.39 is 5.91 Å². The van der Waals surface area contributed by atoms with E-state index in [0.717, 1.165) is 5.01 Å². The molecule has 0 saturated carbocycles. The summed E-state index contributed by atoms with van der Waals surface area (Å²) in [5.74, 6) is -0.461. The first-order valence-electron chi connectivity index (χ1n) is 2.30. The molecule has 1 aromatic rings. The van der Waals surface area contributed by atoms with Crippen molar-refractivity contribution in [1.29, 1.82) is 0 Å². The zero-order valence-electron chi connectivity index (χ0n) is 4.79. The van der Waals surface area contributed by atoms with E-state index in [-0.39, 0.29) is 5.82 Å². The lowest BCUT2D eigenvalue weighted by molar-refractivity contribution is 0.0991. The first-order chi connectivity index (χ1) is 4.20. The minimum absolute atomic E-state index is 0.109. The van der Waals surface area contributed by atoms with Crippen LogP contribution in [0, 0.1) is 6.92 Å². The van der Waals surface area contributed by atoms with Gasteiger partial charge in [0.1, 0.15) is 5.01 Å². The summed E-state index contributed by atoms with van der Waals surface area (Å²) in [4.78, 5) is 14.1. The summed E-state index contributed by atoms with van der Waals surface area (Å²) in [6.07, 6.45) is 0. The SMILES string of the molecule is Cc1nc(C(N)=O)ns1. The molecule has 1 amide bonds. The van der Waals surface area contributed by atoms with Gasteiger partial charge in [0.15, 0.2) is 0 Å². The Balaban J connectivity index is 2.98. The quantitative estimate of drug-likeness (QED) is 0.599. The van der Waals surface area contributed by atoms with E-state index in [2.05, 4.69) is 9.36 Å². The van der Waals surface area contributed by atoms with Crippen molar-refractivity contribution in [3.8, 4) is 0 Å². The fourth-order valence-corrected chi connectivity index (χ4v) is 0.876. The summed E-state index contributed by atoms with van der Waals surface area (Å²) in [6, 6.07) is 0. The number of aryl methyl sites for hydroxylation is 1. The molecule has 0 aromatic carbocycles. The first-order valence-corrected chi connectivity index (χ1v) is 3.07. The van der Waals surface area contributed by atoms with E-state index >= 15 is 0 Å². The van der Waals surface area contributed by atoms with Crippen LogP contribution in [0.15, 0.2) is 0 Å². The van der Waals surface area contributed by atoms with Crippen LogP contribution in [-0.2, 0) is 0 Å². The number of carbonyl (C=O) groups is 1. The van der Waals surface area contributed by atoms with E-state index in [9.17, 15) is 4.79 Å². The molecule has 0 atom stereocenters. The predicted molar refractivity (Wildman–Crippen MR) is 33.2 cm³/mol. The Labute approximate surface area is 55.9 Å². The molecule has 2 N–H and O–H groups in total. The summed E-state index contributed by atoms with van der Waals surface area (Å²) in [5.41, 5.74) is 4.87. The highest BCUT2D eigenvalue weighted by Crippen LogP contribution is 1.99. The number of aromatic nitrogens is 2. The smallest absolute Gasteiger partial charge is 0.287 e. The Morgan fingerprint density at radius 1 is 1.78 bits per heavy atom. The minimum atomic E-state index is -0.570. The molecule has 0 spiro atoms. The van der Waals surface area contributed by atoms with Gasteiger partial charge in [0.25, 0.3) is 5.91 Å². The molecule has 1 aromatic heterocycles. The zero-order valence-corrected chi connectivity index (χ0v) is 5.60. The van der Waals surface area contributed by atoms with Gasteiger partial charge < -0.3 is 5.73 Å². The maximum absolute atomic E-state index is 10.3. The van der Waals surface area contributed by atoms with E-state index in [0.29, 0.717) is 0 Å². The molecule has 9 heavy (non-hydrogen) atoms. The Kier molecular flexibility index (Phi) is 1.44. The second-order valence-electron chi connectivity index (χ2n) is 1.50. The molecule has 0 fully saturated rings. The lowest BCUT2D eigenvalue weighted by Crippen LogP contribution is -2.12. The Morgan fingerprint density at radius 2 is 2.44 bits per heavy atom. The molecular weight excluding hydrogens is 138 g/mol. The van der Waals surface area contributed by atoms with Gasteiger partial charge in [-0.15, -0.1) is 0 Å². The molecule has 0 unspecified atom stereocenters. The van der Waals surface area contributed by atoms with Crippen LogP contribution in [0.1, 0.15) is 15.6 Å². The molecule has 0 saturated heterocycles. The maximum Gasteiger partial charge on any atom is 0.287 e. The summed E-state index contributed by atoms with van der Waals surface area (Å²) >= 11 is 1.17. The highest BCUT2D eigenvalue weighted by molar-refractivity contribution is 7.05. The number of nitrogens with two attached hydrogens (primary N) is 1.